The van der Waals surface area contributed by atoms with Gasteiger partial charge in [0.25, 0.3) is 11.3 Å². The minimum absolute atomic E-state index is 0.160. The molecule has 0 bridgehead atoms. The molecule has 3 aromatic rings. The zero-order valence-electron chi connectivity index (χ0n) is 14.6. The summed E-state index contributed by atoms with van der Waals surface area (Å²) in [5.74, 6) is -1.34. The third-order valence-electron chi connectivity index (χ3n) is 3.96. The maximum absolute atomic E-state index is 12.0. The number of anilines is 2. The molecule has 28 heavy (non-hydrogen) atoms. The van der Waals surface area contributed by atoms with Crippen molar-refractivity contribution >= 4 is 28.6 Å². The first-order chi connectivity index (χ1) is 13.4. The molecule has 0 aliphatic heterocycles. The van der Waals surface area contributed by atoms with Gasteiger partial charge in [-0.2, -0.15) is 0 Å². The Bertz CT molecular complexity index is 1040. The number of aromatic hydroxyl groups is 1. The monoisotopic (exact) mass is 400 g/mol. The highest BCUT2D eigenvalue weighted by molar-refractivity contribution is 7.81. The van der Waals surface area contributed by atoms with Gasteiger partial charge in [0.15, 0.2) is 0 Å². The average molecular weight is 400 g/mol. The smallest absolute Gasteiger partial charge is 0.339 e. The molecule has 1 atom stereocenters. The van der Waals surface area contributed by atoms with Gasteiger partial charge in [0.2, 0.25) is 5.88 Å². The van der Waals surface area contributed by atoms with Crippen molar-refractivity contribution in [2.24, 2.45) is 0 Å². The fourth-order valence-electron chi connectivity index (χ4n) is 2.64. The topological polar surface area (TPSA) is 120 Å². The zero-order chi connectivity index (χ0) is 20.3. The first-order valence-corrected chi connectivity index (χ1v) is 9.05. The molecule has 3 N–H and O–H groups in total. The van der Waals surface area contributed by atoms with Crippen molar-refractivity contribution in [1.82, 2.24) is 4.98 Å². The molecule has 1 unspecified atom stereocenters. The van der Waals surface area contributed by atoms with Crippen LogP contribution in [0.15, 0.2) is 60.8 Å². The number of benzene rings is 2. The van der Waals surface area contributed by atoms with Crippen LogP contribution in [0.1, 0.15) is 10.4 Å². The lowest BCUT2D eigenvalue weighted by Gasteiger charge is -2.21. The molecule has 9 heteroatoms. The number of carboxylic acid groups (broad SMARTS) is 1. The molecule has 2 aromatic carbocycles. The third-order valence-corrected chi connectivity index (χ3v) is 4.70. The molecule has 144 valence electrons. The van der Waals surface area contributed by atoms with Gasteiger partial charge >= 0.3 is 5.97 Å². The van der Waals surface area contributed by atoms with Gasteiger partial charge in [-0.1, -0.05) is 12.1 Å². The van der Waals surface area contributed by atoms with Gasteiger partial charge in [-0.15, -0.1) is 0 Å². The summed E-state index contributed by atoms with van der Waals surface area (Å²) in [6.07, 6.45) is 1.62. The number of hydrogen-bond acceptors (Lipinski definition) is 5. The van der Waals surface area contributed by atoms with Crippen LogP contribution in [0, 0.1) is 0 Å². The molecule has 1 heterocycles. The van der Waals surface area contributed by atoms with Crippen LogP contribution in [0.3, 0.4) is 0 Å². The molecular formula is C19H16N2O6S. The highest BCUT2D eigenvalue weighted by Crippen LogP contribution is 2.33. The lowest BCUT2D eigenvalue weighted by molar-refractivity contribution is 0.0694. The van der Waals surface area contributed by atoms with Crippen LogP contribution in [0.2, 0.25) is 0 Å². The standard InChI is InChI=1S/C19H16N2O6S/c1-27-18-8-5-13(11-20-18)12-3-2-4-14(9-12)21(28(25)26)15-6-7-16(19(23)24)17(22)10-15/h2-11,22H,1H3,(H,23,24)(H,25,26). The van der Waals surface area contributed by atoms with E-state index in [1.807, 2.05) is 6.07 Å². The van der Waals surface area contributed by atoms with Crippen LogP contribution < -0.4 is 9.04 Å². The van der Waals surface area contributed by atoms with Crippen molar-refractivity contribution in [3.8, 4) is 22.8 Å². The molecule has 0 saturated heterocycles. The lowest BCUT2D eigenvalue weighted by Crippen LogP contribution is -2.19. The zero-order valence-corrected chi connectivity index (χ0v) is 15.5. The van der Waals surface area contributed by atoms with Crippen molar-refractivity contribution in [3.05, 3.63) is 66.4 Å². The lowest BCUT2D eigenvalue weighted by atomic mass is 10.1. The first-order valence-electron chi connectivity index (χ1n) is 7.98. The number of carboxylic acids is 1. The third kappa shape index (κ3) is 3.95. The second kappa shape index (κ2) is 8.07. The van der Waals surface area contributed by atoms with E-state index in [1.165, 1.54) is 19.2 Å². The van der Waals surface area contributed by atoms with Crippen molar-refractivity contribution < 1.29 is 28.5 Å². The van der Waals surface area contributed by atoms with Gasteiger partial charge in [0, 0.05) is 23.9 Å². The fourth-order valence-corrected chi connectivity index (χ4v) is 3.23. The normalized spacial score (nSPS) is 11.6. The molecule has 0 aliphatic rings. The van der Waals surface area contributed by atoms with Crippen LogP contribution in [0.4, 0.5) is 11.4 Å². The Balaban J connectivity index is 2.02. The van der Waals surface area contributed by atoms with Crippen LogP contribution in [-0.2, 0) is 11.3 Å². The maximum atomic E-state index is 12.0. The van der Waals surface area contributed by atoms with Gasteiger partial charge in [-0.25, -0.2) is 18.3 Å². The summed E-state index contributed by atoms with van der Waals surface area (Å²) in [6, 6.07) is 14.0. The molecule has 0 fully saturated rings. The number of aromatic nitrogens is 1. The summed E-state index contributed by atoms with van der Waals surface area (Å²) in [7, 11) is 1.52. The van der Waals surface area contributed by atoms with E-state index in [-0.39, 0.29) is 11.3 Å². The molecule has 0 amide bonds. The Labute approximate surface area is 163 Å². The summed E-state index contributed by atoms with van der Waals surface area (Å²) < 4.78 is 27.9. The number of rotatable bonds is 6. The number of phenols is 1. The number of aromatic carboxylic acids is 1. The van der Waals surface area contributed by atoms with E-state index in [4.69, 9.17) is 9.84 Å². The van der Waals surface area contributed by atoms with E-state index >= 15 is 0 Å². The summed E-state index contributed by atoms with van der Waals surface area (Å²) in [4.78, 5) is 15.2. The minimum Gasteiger partial charge on any atom is -0.507 e. The number of pyridine rings is 1. The van der Waals surface area contributed by atoms with Crippen LogP contribution >= 0.6 is 0 Å². The Kier molecular flexibility index (Phi) is 5.57. The van der Waals surface area contributed by atoms with Gasteiger partial charge in [0.05, 0.1) is 18.5 Å². The largest absolute Gasteiger partial charge is 0.507 e. The van der Waals surface area contributed by atoms with Gasteiger partial charge < -0.3 is 14.9 Å². The molecular weight excluding hydrogens is 384 g/mol. The number of carbonyl (C=O) groups is 1. The van der Waals surface area contributed by atoms with Gasteiger partial charge in [-0.05, 0) is 35.9 Å². The molecule has 0 saturated carbocycles. The van der Waals surface area contributed by atoms with Crippen molar-refractivity contribution in [1.29, 1.82) is 0 Å². The summed E-state index contributed by atoms with van der Waals surface area (Å²) >= 11 is -2.46. The van der Waals surface area contributed by atoms with Crippen LogP contribution in [0.5, 0.6) is 11.6 Å². The molecule has 3 rings (SSSR count). The number of hydrogen-bond donors (Lipinski definition) is 3. The van der Waals surface area contributed by atoms with E-state index in [9.17, 15) is 18.7 Å². The van der Waals surface area contributed by atoms with Crippen LogP contribution in [0.25, 0.3) is 11.1 Å². The SMILES string of the molecule is COc1ccc(-c2cccc(N(c3ccc(C(=O)O)c(O)c3)S(=O)O)c2)cn1. The Morgan fingerprint density at radius 1 is 1.07 bits per heavy atom. The van der Waals surface area contributed by atoms with Crippen molar-refractivity contribution in [3.63, 3.8) is 0 Å². The second-order valence-corrected chi connectivity index (χ2v) is 6.50. The van der Waals surface area contributed by atoms with E-state index in [0.717, 1.165) is 21.5 Å². The highest BCUT2D eigenvalue weighted by Gasteiger charge is 2.19. The summed E-state index contributed by atoms with van der Waals surface area (Å²) in [5.41, 5.74) is 1.75. The van der Waals surface area contributed by atoms with Crippen molar-refractivity contribution in [2.75, 3.05) is 11.4 Å². The average Bonchev–Trinajstić information content (AvgIpc) is 2.68. The van der Waals surface area contributed by atoms with Gasteiger partial charge in [0.1, 0.15) is 11.3 Å². The van der Waals surface area contributed by atoms with Gasteiger partial charge in [-0.3, -0.25) is 4.55 Å². The van der Waals surface area contributed by atoms with Crippen LogP contribution in [-0.4, -0.2) is 37.0 Å². The summed E-state index contributed by atoms with van der Waals surface area (Å²) in [5, 5.41) is 18.9. The molecule has 0 aliphatic carbocycles. The molecule has 8 nitrogen and oxygen atoms in total. The predicted molar refractivity (Wildman–Crippen MR) is 104 cm³/mol. The first kappa shape index (κ1) is 19.3. The minimum atomic E-state index is -2.46. The molecule has 0 radical (unpaired) electrons. The van der Waals surface area contributed by atoms with Crippen molar-refractivity contribution in [2.45, 2.75) is 0 Å². The number of methoxy groups -OCH3 is 1. The van der Waals surface area contributed by atoms with E-state index in [2.05, 4.69) is 4.98 Å². The number of nitrogens with zero attached hydrogens (tertiary/aromatic N) is 2. The molecule has 0 spiro atoms. The Morgan fingerprint density at radius 3 is 2.39 bits per heavy atom. The van der Waals surface area contributed by atoms with E-state index in [1.54, 1.807) is 36.5 Å². The van der Waals surface area contributed by atoms with E-state index in [0.29, 0.717) is 11.6 Å². The molecule has 1 aromatic heterocycles. The Hall–Kier alpha value is -3.43. The highest BCUT2D eigenvalue weighted by atomic mass is 32.2. The van der Waals surface area contributed by atoms with E-state index < -0.39 is 23.0 Å². The quantitative estimate of drug-likeness (QED) is 0.542. The fraction of sp³-hybridized carbons (Fsp3) is 0.0526. The maximum Gasteiger partial charge on any atom is 0.339 e. The number of ether oxygens (including phenoxy) is 1. The second-order valence-electron chi connectivity index (χ2n) is 5.67. The predicted octanol–water partition coefficient (Wildman–Crippen LogP) is 3.44. The summed E-state index contributed by atoms with van der Waals surface area (Å²) in [6.45, 7) is 0. The Morgan fingerprint density at radius 2 is 1.82 bits per heavy atom.